The molecule has 1 aliphatic rings. The summed E-state index contributed by atoms with van der Waals surface area (Å²) in [6.07, 6.45) is 0.832. The largest absolute Gasteiger partial charge is 0.493 e. The third-order valence-electron chi connectivity index (χ3n) is 4.06. The van der Waals surface area contributed by atoms with Crippen LogP contribution in [0.5, 0.6) is 11.5 Å². The number of ether oxygens (including phenoxy) is 3. The first kappa shape index (κ1) is 21.2. The Morgan fingerprint density at radius 3 is 2.67 bits per heavy atom. The van der Waals surface area contributed by atoms with Gasteiger partial charge in [0.1, 0.15) is 11.5 Å². The van der Waals surface area contributed by atoms with Crippen molar-refractivity contribution in [1.29, 1.82) is 0 Å². The molecule has 0 unspecified atom stereocenters. The van der Waals surface area contributed by atoms with Gasteiger partial charge in [-0.2, -0.15) is 8.78 Å². The number of hydrogen-bond donors (Lipinski definition) is 2. The van der Waals surface area contributed by atoms with Crippen LogP contribution in [0, 0.1) is 5.41 Å². The van der Waals surface area contributed by atoms with Gasteiger partial charge in [-0.05, 0) is 25.5 Å². The van der Waals surface area contributed by atoms with E-state index in [-0.39, 0.29) is 17.7 Å². The maximum atomic E-state index is 12.8. The van der Waals surface area contributed by atoms with Crippen LogP contribution in [0.1, 0.15) is 32.8 Å². The standard InChI is InChI=1S/C19H29F2N3O3/c1-4-8-26-15-7-6-14(16(9-15)27-17(20)21)10-23-18(22-5-2)24-11-19(3)12-25-13-19/h6-7,9,17H,4-5,8,10-13H2,1-3H3,(H2,22,23,24). The van der Waals surface area contributed by atoms with E-state index in [1.54, 1.807) is 12.1 Å². The lowest BCUT2D eigenvalue weighted by atomic mass is 9.89. The van der Waals surface area contributed by atoms with Gasteiger partial charge in [0.05, 0.1) is 26.4 Å². The molecule has 6 nitrogen and oxygen atoms in total. The monoisotopic (exact) mass is 385 g/mol. The molecule has 1 fully saturated rings. The molecule has 2 rings (SSSR count). The maximum Gasteiger partial charge on any atom is 0.387 e. The van der Waals surface area contributed by atoms with Gasteiger partial charge in [0.2, 0.25) is 0 Å². The summed E-state index contributed by atoms with van der Waals surface area (Å²) in [5.74, 6) is 1.21. The van der Waals surface area contributed by atoms with E-state index in [9.17, 15) is 8.78 Å². The fourth-order valence-electron chi connectivity index (χ4n) is 2.54. The molecule has 0 aromatic heterocycles. The lowest BCUT2D eigenvalue weighted by molar-refractivity contribution is -0.0971. The fraction of sp³-hybridized carbons (Fsp3) is 0.632. The average Bonchev–Trinajstić information content (AvgIpc) is 2.61. The summed E-state index contributed by atoms with van der Waals surface area (Å²) in [4.78, 5) is 4.49. The minimum atomic E-state index is -2.90. The molecule has 27 heavy (non-hydrogen) atoms. The molecular formula is C19H29F2N3O3. The Kier molecular flexibility index (Phi) is 8.09. The van der Waals surface area contributed by atoms with E-state index in [1.165, 1.54) is 6.07 Å². The molecule has 1 aromatic carbocycles. The number of aliphatic imine (C=N–C) groups is 1. The molecule has 0 spiro atoms. The Bertz CT molecular complexity index is 622. The molecule has 0 radical (unpaired) electrons. The van der Waals surface area contributed by atoms with Gasteiger partial charge in [-0.1, -0.05) is 13.8 Å². The summed E-state index contributed by atoms with van der Waals surface area (Å²) in [7, 11) is 0. The number of alkyl halides is 2. The molecule has 0 aliphatic carbocycles. The van der Waals surface area contributed by atoms with E-state index in [0.29, 0.717) is 43.6 Å². The summed E-state index contributed by atoms with van der Waals surface area (Å²) >= 11 is 0. The van der Waals surface area contributed by atoms with Crippen molar-refractivity contribution in [3.8, 4) is 11.5 Å². The third kappa shape index (κ3) is 6.86. The molecular weight excluding hydrogens is 356 g/mol. The topological polar surface area (TPSA) is 64.1 Å². The minimum absolute atomic E-state index is 0.0811. The molecule has 2 N–H and O–H groups in total. The molecule has 1 aliphatic heterocycles. The zero-order valence-electron chi connectivity index (χ0n) is 16.2. The highest BCUT2D eigenvalue weighted by Gasteiger charge is 2.33. The number of guanidine groups is 1. The predicted octanol–water partition coefficient (Wildman–Crippen LogP) is 3.17. The Hall–Kier alpha value is -2.09. The van der Waals surface area contributed by atoms with Crippen LogP contribution in [0.15, 0.2) is 23.2 Å². The summed E-state index contributed by atoms with van der Waals surface area (Å²) in [5, 5.41) is 6.44. The van der Waals surface area contributed by atoms with Crippen LogP contribution in [0.4, 0.5) is 8.78 Å². The van der Waals surface area contributed by atoms with E-state index in [0.717, 1.165) is 13.0 Å². The molecule has 0 bridgehead atoms. The van der Waals surface area contributed by atoms with Gasteiger partial charge in [-0.25, -0.2) is 4.99 Å². The molecule has 1 saturated heterocycles. The quantitative estimate of drug-likeness (QED) is 0.478. The number of nitrogens with zero attached hydrogens (tertiary/aromatic N) is 1. The van der Waals surface area contributed by atoms with Crippen LogP contribution in [0.3, 0.4) is 0 Å². The Balaban J connectivity index is 2.07. The number of benzene rings is 1. The molecule has 0 saturated carbocycles. The number of hydrogen-bond acceptors (Lipinski definition) is 4. The molecule has 152 valence electrons. The average molecular weight is 385 g/mol. The fourth-order valence-corrected chi connectivity index (χ4v) is 2.54. The van der Waals surface area contributed by atoms with E-state index < -0.39 is 6.61 Å². The van der Waals surface area contributed by atoms with Crippen molar-refractivity contribution < 1.29 is 23.0 Å². The first-order valence-corrected chi connectivity index (χ1v) is 9.26. The zero-order valence-corrected chi connectivity index (χ0v) is 16.2. The van der Waals surface area contributed by atoms with Crippen LogP contribution in [0.2, 0.25) is 0 Å². The van der Waals surface area contributed by atoms with E-state index in [1.807, 2.05) is 13.8 Å². The van der Waals surface area contributed by atoms with Crippen LogP contribution >= 0.6 is 0 Å². The SMILES string of the molecule is CCCOc1ccc(CN=C(NCC)NCC2(C)COC2)c(OC(F)F)c1. The number of rotatable bonds is 10. The van der Waals surface area contributed by atoms with Crippen molar-refractivity contribution in [2.24, 2.45) is 10.4 Å². The molecule has 0 atom stereocenters. The van der Waals surface area contributed by atoms with Gasteiger partial charge in [0.25, 0.3) is 0 Å². The van der Waals surface area contributed by atoms with Crippen LogP contribution in [-0.4, -0.2) is 45.5 Å². The normalized spacial score (nSPS) is 16.0. The van der Waals surface area contributed by atoms with Crippen molar-refractivity contribution >= 4 is 5.96 Å². The van der Waals surface area contributed by atoms with Crippen LogP contribution in [0.25, 0.3) is 0 Å². The molecule has 8 heteroatoms. The lowest BCUT2D eigenvalue weighted by Gasteiger charge is -2.38. The number of nitrogens with one attached hydrogen (secondary N) is 2. The van der Waals surface area contributed by atoms with Gasteiger partial charge in [-0.3, -0.25) is 0 Å². The Labute approximate surface area is 159 Å². The maximum absolute atomic E-state index is 12.8. The predicted molar refractivity (Wildman–Crippen MR) is 101 cm³/mol. The zero-order chi connectivity index (χ0) is 19.7. The van der Waals surface area contributed by atoms with Crippen molar-refractivity contribution in [1.82, 2.24) is 10.6 Å². The van der Waals surface area contributed by atoms with Crippen molar-refractivity contribution in [3.05, 3.63) is 23.8 Å². The van der Waals surface area contributed by atoms with E-state index in [2.05, 4.69) is 27.3 Å². The first-order chi connectivity index (χ1) is 13.0. The minimum Gasteiger partial charge on any atom is -0.493 e. The highest BCUT2D eigenvalue weighted by Crippen LogP contribution is 2.28. The van der Waals surface area contributed by atoms with Crippen molar-refractivity contribution in [2.75, 3.05) is 32.9 Å². The Morgan fingerprint density at radius 1 is 1.30 bits per heavy atom. The first-order valence-electron chi connectivity index (χ1n) is 9.26. The van der Waals surface area contributed by atoms with Crippen molar-refractivity contribution in [2.45, 2.75) is 40.3 Å². The second-order valence-electron chi connectivity index (χ2n) is 6.85. The lowest BCUT2D eigenvalue weighted by Crippen LogP contribution is -2.51. The van der Waals surface area contributed by atoms with Gasteiger partial charge in [0, 0.05) is 30.1 Å². The highest BCUT2D eigenvalue weighted by molar-refractivity contribution is 5.79. The van der Waals surface area contributed by atoms with Crippen molar-refractivity contribution in [3.63, 3.8) is 0 Å². The van der Waals surface area contributed by atoms with E-state index >= 15 is 0 Å². The molecule has 1 aromatic rings. The second-order valence-corrected chi connectivity index (χ2v) is 6.85. The summed E-state index contributed by atoms with van der Waals surface area (Å²) in [5.41, 5.74) is 0.660. The summed E-state index contributed by atoms with van der Waals surface area (Å²) < 4.78 is 40.9. The highest BCUT2D eigenvalue weighted by atomic mass is 19.3. The van der Waals surface area contributed by atoms with E-state index in [4.69, 9.17) is 9.47 Å². The Morgan fingerprint density at radius 2 is 2.07 bits per heavy atom. The summed E-state index contributed by atoms with van der Waals surface area (Å²) in [6.45, 7) is 6.75. The number of halogens is 2. The van der Waals surface area contributed by atoms with Gasteiger partial charge in [0.15, 0.2) is 5.96 Å². The smallest absolute Gasteiger partial charge is 0.387 e. The van der Waals surface area contributed by atoms with Gasteiger partial charge < -0.3 is 24.8 Å². The van der Waals surface area contributed by atoms with Crippen LogP contribution < -0.4 is 20.1 Å². The summed E-state index contributed by atoms with van der Waals surface area (Å²) in [6, 6.07) is 4.93. The molecule has 0 amide bonds. The molecule has 1 heterocycles. The van der Waals surface area contributed by atoms with Gasteiger partial charge >= 0.3 is 6.61 Å². The van der Waals surface area contributed by atoms with Crippen LogP contribution in [-0.2, 0) is 11.3 Å². The third-order valence-corrected chi connectivity index (χ3v) is 4.06. The van der Waals surface area contributed by atoms with Gasteiger partial charge in [-0.15, -0.1) is 0 Å². The second kappa shape index (κ2) is 10.3.